The molecule has 1 amide bonds. The van der Waals surface area contributed by atoms with Crippen molar-refractivity contribution in [3.8, 4) is 5.75 Å². The molecule has 5 heteroatoms. The third-order valence-corrected chi connectivity index (χ3v) is 5.97. The van der Waals surface area contributed by atoms with Crippen molar-refractivity contribution in [2.45, 2.75) is 32.1 Å². The Bertz CT molecular complexity index is 667. The van der Waals surface area contributed by atoms with Crippen molar-refractivity contribution in [3.05, 3.63) is 18.2 Å². The van der Waals surface area contributed by atoms with Crippen LogP contribution in [0.3, 0.4) is 0 Å². The third-order valence-electron chi connectivity index (χ3n) is 5.97. The van der Waals surface area contributed by atoms with Crippen molar-refractivity contribution in [3.63, 3.8) is 0 Å². The zero-order valence-corrected chi connectivity index (χ0v) is 13.3. The fraction of sp³-hybridized carbons (Fsp3) is 0.556. The van der Waals surface area contributed by atoms with Crippen LogP contribution in [-0.4, -0.2) is 18.8 Å². The van der Waals surface area contributed by atoms with Crippen LogP contribution >= 0.6 is 0 Å². The van der Waals surface area contributed by atoms with Crippen LogP contribution in [0.2, 0.25) is 0 Å². The van der Waals surface area contributed by atoms with Crippen LogP contribution in [0.1, 0.15) is 32.1 Å². The van der Waals surface area contributed by atoms with Crippen LogP contribution in [0.4, 0.5) is 11.4 Å². The van der Waals surface area contributed by atoms with Gasteiger partial charge in [-0.2, -0.15) is 0 Å². The number of ether oxygens (including phenoxy) is 1. The highest BCUT2D eigenvalue weighted by atomic mass is 16.5. The number of ketones is 1. The molecule has 5 nitrogen and oxygen atoms in total. The van der Waals surface area contributed by atoms with Gasteiger partial charge in [-0.15, -0.1) is 0 Å². The average molecular weight is 314 g/mol. The fourth-order valence-electron chi connectivity index (χ4n) is 5.08. The second kappa shape index (κ2) is 4.98. The highest BCUT2D eigenvalue weighted by Crippen LogP contribution is 2.58. The Morgan fingerprint density at radius 3 is 2.61 bits per heavy atom. The number of carbonyl (C=O) groups excluding carboxylic acids is 2. The minimum absolute atomic E-state index is 0.0521. The van der Waals surface area contributed by atoms with Crippen molar-refractivity contribution in [1.29, 1.82) is 0 Å². The van der Waals surface area contributed by atoms with Crippen LogP contribution in [-0.2, 0) is 9.59 Å². The number of anilines is 2. The monoisotopic (exact) mass is 314 g/mol. The maximum absolute atomic E-state index is 13.0. The summed E-state index contributed by atoms with van der Waals surface area (Å²) in [5, 5.41) is 3.03. The van der Waals surface area contributed by atoms with Gasteiger partial charge >= 0.3 is 0 Å². The molecular weight excluding hydrogens is 292 g/mol. The normalized spacial score (nSPS) is 34.5. The number of benzene rings is 1. The van der Waals surface area contributed by atoms with Crippen LogP contribution in [0, 0.1) is 23.2 Å². The first-order chi connectivity index (χ1) is 11.0. The van der Waals surface area contributed by atoms with Gasteiger partial charge in [0.15, 0.2) is 0 Å². The number of rotatable bonds is 3. The molecule has 4 aliphatic carbocycles. The quantitative estimate of drug-likeness (QED) is 0.840. The van der Waals surface area contributed by atoms with Crippen molar-refractivity contribution >= 4 is 23.1 Å². The molecule has 4 atom stereocenters. The lowest BCUT2D eigenvalue weighted by atomic mass is 9.49. The van der Waals surface area contributed by atoms with Gasteiger partial charge in [0.05, 0.1) is 18.2 Å². The maximum Gasteiger partial charge on any atom is 0.230 e. The molecule has 23 heavy (non-hydrogen) atoms. The number of amides is 1. The van der Waals surface area contributed by atoms with Crippen LogP contribution in [0.5, 0.6) is 5.75 Å². The Morgan fingerprint density at radius 2 is 1.96 bits per heavy atom. The SMILES string of the molecule is COc1cc(NC(=O)C23CC4CC(C2)C(=O)[C@H](C4)C3)ccc1N. The van der Waals surface area contributed by atoms with E-state index in [1.807, 2.05) is 0 Å². The molecule has 0 saturated heterocycles. The van der Waals surface area contributed by atoms with Gasteiger partial charge in [0.1, 0.15) is 11.5 Å². The largest absolute Gasteiger partial charge is 0.495 e. The van der Waals surface area contributed by atoms with E-state index in [1.165, 1.54) is 0 Å². The van der Waals surface area contributed by atoms with Gasteiger partial charge in [0, 0.05) is 23.6 Å². The number of methoxy groups -OCH3 is 1. The number of nitrogens with one attached hydrogen (secondary N) is 1. The van der Waals surface area contributed by atoms with E-state index in [0.717, 1.165) is 32.1 Å². The summed E-state index contributed by atoms with van der Waals surface area (Å²) in [5.74, 6) is 1.76. The minimum atomic E-state index is -0.362. The Hall–Kier alpha value is -2.04. The number of nitrogen functional groups attached to an aromatic ring is 1. The number of nitrogens with two attached hydrogens (primary N) is 1. The summed E-state index contributed by atoms with van der Waals surface area (Å²) in [7, 11) is 1.56. The maximum atomic E-state index is 13.0. The lowest BCUT2D eigenvalue weighted by molar-refractivity contribution is -0.154. The standard InChI is InChI=1S/C18H22N2O3/c1-23-15-6-13(2-3-14(15)19)20-17(22)18-7-10-4-11(8-18)16(21)12(5-10)9-18/h2-3,6,10-12H,4-5,7-9,19H2,1H3,(H,20,22)/t10?,11-,12?,18?/m1/s1. The first-order valence-electron chi connectivity index (χ1n) is 8.29. The molecule has 3 N–H and O–H groups in total. The minimum Gasteiger partial charge on any atom is -0.495 e. The van der Waals surface area contributed by atoms with E-state index in [0.29, 0.717) is 28.8 Å². The predicted molar refractivity (Wildman–Crippen MR) is 87.0 cm³/mol. The van der Waals surface area contributed by atoms with E-state index >= 15 is 0 Å². The van der Waals surface area contributed by atoms with E-state index in [-0.39, 0.29) is 23.2 Å². The van der Waals surface area contributed by atoms with E-state index in [2.05, 4.69) is 5.32 Å². The fourth-order valence-corrected chi connectivity index (χ4v) is 5.08. The Labute approximate surface area is 135 Å². The topological polar surface area (TPSA) is 81.4 Å². The zero-order chi connectivity index (χ0) is 16.2. The number of Topliss-reactive ketones (excluding diaryl/α,β-unsaturated/α-hetero) is 1. The summed E-state index contributed by atoms with van der Waals surface area (Å²) in [6.07, 6.45) is 4.33. The first kappa shape index (κ1) is 14.5. The third kappa shape index (κ3) is 2.21. The van der Waals surface area contributed by atoms with Gasteiger partial charge in [0.2, 0.25) is 5.91 Å². The van der Waals surface area contributed by atoms with E-state index in [4.69, 9.17) is 10.5 Å². The van der Waals surface area contributed by atoms with Crippen molar-refractivity contribution in [2.24, 2.45) is 23.2 Å². The van der Waals surface area contributed by atoms with Crippen molar-refractivity contribution in [2.75, 3.05) is 18.2 Å². The molecule has 4 aliphatic rings. The lowest BCUT2D eigenvalue weighted by Crippen LogP contribution is -2.55. The summed E-state index contributed by atoms with van der Waals surface area (Å²) < 4.78 is 5.21. The number of hydrogen-bond acceptors (Lipinski definition) is 4. The molecule has 3 unspecified atom stereocenters. The lowest BCUT2D eigenvalue weighted by Gasteiger charge is -2.54. The smallest absolute Gasteiger partial charge is 0.230 e. The molecule has 1 aromatic carbocycles. The molecular formula is C18H22N2O3. The molecule has 0 radical (unpaired) electrons. The highest BCUT2D eigenvalue weighted by Gasteiger charge is 2.58. The summed E-state index contributed by atoms with van der Waals surface area (Å²) in [5.41, 5.74) is 6.70. The van der Waals surface area contributed by atoms with Crippen molar-refractivity contribution in [1.82, 2.24) is 0 Å². The van der Waals surface area contributed by atoms with Gasteiger partial charge in [-0.1, -0.05) is 0 Å². The summed E-state index contributed by atoms with van der Waals surface area (Å²) in [6.45, 7) is 0. The van der Waals surface area contributed by atoms with Gasteiger partial charge in [-0.25, -0.2) is 0 Å². The molecule has 4 fully saturated rings. The van der Waals surface area contributed by atoms with Crippen LogP contribution in [0.25, 0.3) is 0 Å². The highest BCUT2D eigenvalue weighted by molar-refractivity contribution is 5.98. The molecule has 1 aromatic rings. The van der Waals surface area contributed by atoms with E-state index in [1.54, 1.807) is 25.3 Å². The molecule has 0 heterocycles. The number of hydrogen-bond donors (Lipinski definition) is 2. The first-order valence-corrected chi connectivity index (χ1v) is 8.29. The molecule has 4 saturated carbocycles. The van der Waals surface area contributed by atoms with Crippen LogP contribution in [0.15, 0.2) is 18.2 Å². The predicted octanol–water partition coefficient (Wildman–Crippen LogP) is 2.61. The van der Waals surface area contributed by atoms with E-state index < -0.39 is 0 Å². The summed E-state index contributed by atoms with van der Waals surface area (Å²) in [4.78, 5) is 25.2. The summed E-state index contributed by atoms with van der Waals surface area (Å²) in [6, 6.07) is 5.28. The Morgan fingerprint density at radius 1 is 1.26 bits per heavy atom. The average Bonchev–Trinajstić information content (AvgIpc) is 2.53. The van der Waals surface area contributed by atoms with Gasteiger partial charge in [-0.3, -0.25) is 9.59 Å². The Kier molecular flexibility index (Phi) is 3.15. The van der Waals surface area contributed by atoms with Crippen LogP contribution < -0.4 is 15.8 Å². The summed E-state index contributed by atoms with van der Waals surface area (Å²) >= 11 is 0. The second-order valence-corrected chi connectivity index (χ2v) is 7.44. The molecule has 0 aromatic heterocycles. The van der Waals surface area contributed by atoms with Gasteiger partial charge < -0.3 is 15.8 Å². The molecule has 0 aliphatic heterocycles. The Balaban J connectivity index is 1.57. The molecule has 122 valence electrons. The van der Waals surface area contributed by atoms with Crippen molar-refractivity contribution < 1.29 is 14.3 Å². The molecule has 5 rings (SSSR count). The van der Waals surface area contributed by atoms with Gasteiger partial charge in [0.25, 0.3) is 0 Å². The molecule has 4 bridgehead atoms. The molecule has 0 spiro atoms. The zero-order valence-electron chi connectivity index (χ0n) is 13.3. The second-order valence-electron chi connectivity index (χ2n) is 7.44. The van der Waals surface area contributed by atoms with Gasteiger partial charge in [-0.05, 0) is 50.2 Å². The number of carbonyl (C=O) groups is 2. The van der Waals surface area contributed by atoms with E-state index in [9.17, 15) is 9.59 Å².